The van der Waals surface area contributed by atoms with Crippen LogP contribution in [0.15, 0.2) is 0 Å². The molecule has 0 heterocycles. The molecule has 0 amide bonds. The van der Waals surface area contributed by atoms with Gasteiger partial charge in [-0.3, -0.25) is 4.46 Å². The number of hydrogen-bond acceptors (Lipinski definition) is 1. The zero-order valence-corrected chi connectivity index (χ0v) is 7.19. The summed E-state index contributed by atoms with van der Waals surface area (Å²) in [5, 5.41) is 0. The fourth-order valence-electron chi connectivity index (χ4n) is 0. The minimum atomic E-state index is -3.13. The first-order valence-electron chi connectivity index (χ1n) is 1.19. The van der Waals surface area contributed by atoms with Gasteiger partial charge >= 0.3 is 9.17 Å². The maximum Gasteiger partial charge on any atom is 0.761 e. The fraction of sp³-hybridized carbons (Fsp3) is 0. The van der Waals surface area contributed by atoms with Gasteiger partial charge in [0.2, 0.25) is 8.14 Å². The van der Waals surface area contributed by atoms with E-state index in [1.807, 2.05) is 0 Å². The molecule has 0 fully saturated rings. The van der Waals surface area contributed by atoms with Gasteiger partial charge in [0, 0.05) is 0 Å². The van der Waals surface area contributed by atoms with Crippen LogP contribution in [0.25, 0.3) is 0 Å². The highest BCUT2D eigenvalue weighted by Gasteiger charge is 1.85. The van der Waals surface area contributed by atoms with Crippen LogP contribution in [0, 0.1) is 0 Å². The molecule has 0 rings (SSSR count). The van der Waals surface area contributed by atoms with Gasteiger partial charge in [0.1, 0.15) is 0 Å². The molecule has 0 bridgehead atoms. The van der Waals surface area contributed by atoms with Crippen molar-refractivity contribution in [3.8, 4) is 0 Å². The van der Waals surface area contributed by atoms with E-state index >= 15 is 0 Å². The molecule has 7 heteroatoms. The summed E-state index contributed by atoms with van der Waals surface area (Å²) in [6, 6.07) is 0. The monoisotopic (exact) mass is 178 g/mol. The number of halogens is 2. The zero-order chi connectivity index (χ0) is 6.28. The van der Waals surface area contributed by atoms with Gasteiger partial charge in [-0.15, -0.1) is 0 Å². The van der Waals surface area contributed by atoms with Crippen molar-refractivity contribution in [3.05, 3.63) is 0 Å². The predicted molar refractivity (Wildman–Crippen MR) is 31.1 cm³/mol. The van der Waals surface area contributed by atoms with E-state index in [2.05, 4.69) is 0 Å². The average Bonchev–Trinajstić information content (AvgIpc) is 1.33. The molecular weight excluding hydrogens is 175 g/mol. The van der Waals surface area contributed by atoms with E-state index in [9.17, 15) is 0 Å². The van der Waals surface area contributed by atoms with Crippen LogP contribution in [-0.4, -0.2) is 26.9 Å². The molecule has 0 saturated carbocycles. The van der Waals surface area contributed by atoms with Crippen LogP contribution in [0.4, 0.5) is 0 Å². The Morgan fingerprint density at radius 1 is 1.43 bits per heavy atom. The van der Waals surface area contributed by atoms with Gasteiger partial charge < -0.3 is 9.59 Å². The van der Waals surface area contributed by atoms with Crippen molar-refractivity contribution in [1.82, 2.24) is 0 Å². The van der Waals surface area contributed by atoms with Crippen molar-refractivity contribution >= 4 is 39.5 Å². The Morgan fingerprint density at radius 3 is 1.43 bits per heavy atom. The first-order chi connectivity index (χ1) is 3.15. The largest absolute Gasteiger partial charge is 0.761 e. The summed E-state index contributed by atoms with van der Waals surface area (Å²) >= 11 is 9.81. The molecule has 7 heavy (non-hydrogen) atoms. The van der Waals surface area contributed by atoms with E-state index in [1.54, 1.807) is 0 Å². The molecule has 0 aliphatic carbocycles. The third kappa shape index (κ3) is 730. The van der Waals surface area contributed by atoms with Crippen molar-refractivity contribution in [3.63, 3.8) is 0 Å². The van der Waals surface area contributed by atoms with Crippen molar-refractivity contribution in [1.29, 1.82) is 0 Å². The van der Waals surface area contributed by atoms with E-state index in [4.69, 9.17) is 36.2 Å². The molecule has 0 aliphatic rings. The van der Waals surface area contributed by atoms with Gasteiger partial charge in [-0.2, -0.15) is 22.2 Å². The van der Waals surface area contributed by atoms with Gasteiger partial charge in [0.25, 0.3) is 0 Å². The molecule has 0 aliphatic heterocycles. The third-order valence-electron chi connectivity index (χ3n) is 0. The molecule has 0 saturated heterocycles. The SMILES string of the molecule is Cl[SiH2]Cl.O=[Si](O)O. The lowest BCUT2D eigenvalue weighted by atomic mass is 15.8. The van der Waals surface area contributed by atoms with Crippen molar-refractivity contribution in [2.75, 3.05) is 0 Å². The zero-order valence-electron chi connectivity index (χ0n) is 3.27. The third-order valence-corrected chi connectivity index (χ3v) is 0. The van der Waals surface area contributed by atoms with E-state index < -0.39 is 17.3 Å². The highest BCUT2D eigenvalue weighted by atomic mass is 35.7. The molecule has 3 nitrogen and oxygen atoms in total. The van der Waals surface area contributed by atoms with Crippen LogP contribution < -0.4 is 0 Å². The molecule has 0 aromatic carbocycles. The van der Waals surface area contributed by atoms with E-state index in [-0.39, 0.29) is 0 Å². The van der Waals surface area contributed by atoms with Gasteiger partial charge in [-0.1, -0.05) is 0 Å². The van der Waals surface area contributed by atoms with E-state index in [1.165, 1.54) is 0 Å². The van der Waals surface area contributed by atoms with E-state index in [0.29, 0.717) is 0 Å². The van der Waals surface area contributed by atoms with E-state index in [0.717, 1.165) is 0 Å². The molecule has 0 spiro atoms. The minimum absolute atomic E-state index is 0.639. The summed E-state index contributed by atoms with van der Waals surface area (Å²) in [6.07, 6.45) is 0. The molecular formula is H4Cl2O3Si2. The second kappa shape index (κ2) is 9.65. The Morgan fingerprint density at radius 2 is 1.43 bits per heavy atom. The lowest BCUT2D eigenvalue weighted by molar-refractivity contribution is 0.330. The molecule has 0 radical (unpaired) electrons. The summed E-state index contributed by atoms with van der Waals surface area (Å²) < 4.78 is 8.74. The van der Waals surface area contributed by atoms with Crippen LogP contribution in [0.1, 0.15) is 0 Å². The average molecular weight is 179 g/mol. The summed E-state index contributed by atoms with van der Waals surface area (Å²) in [4.78, 5) is 14.3. The maximum absolute atomic E-state index is 8.74. The Labute approximate surface area is 54.0 Å². The first-order valence-corrected chi connectivity index (χ1v) is 6.76. The van der Waals surface area contributed by atoms with Crippen molar-refractivity contribution < 1.29 is 14.1 Å². The second-order valence-electron chi connectivity index (χ2n) is 0.384. The Bertz CT molecular complexity index is 42.2. The summed E-state index contributed by atoms with van der Waals surface area (Å²) in [5.74, 6) is 0. The fourth-order valence-corrected chi connectivity index (χ4v) is 0. The summed E-state index contributed by atoms with van der Waals surface area (Å²) in [6.45, 7) is 0. The standard InChI is InChI=1S/Cl2H2Si.H2O3Si/c1-3-2;1-4(2)3/h3H2;1-2H. The number of rotatable bonds is 0. The Kier molecular flexibility index (Phi) is 14.3. The molecule has 44 valence electrons. The topological polar surface area (TPSA) is 57.5 Å². The molecule has 0 aromatic rings. The summed E-state index contributed by atoms with van der Waals surface area (Å²) in [7, 11) is -3.77. The lowest BCUT2D eigenvalue weighted by Crippen LogP contribution is -1.90. The van der Waals surface area contributed by atoms with Gasteiger partial charge in [-0.25, -0.2) is 0 Å². The molecule has 0 atom stereocenters. The maximum atomic E-state index is 8.74. The van der Waals surface area contributed by atoms with Crippen LogP contribution in [0.2, 0.25) is 0 Å². The lowest BCUT2D eigenvalue weighted by Gasteiger charge is -1.55. The van der Waals surface area contributed by atoms with Gasteiger partial charge in [0.15, 0.2) is 0 Å². The molecule has 2 N–H and O–H groups in total. The smallest absolute Gasteiger partial charge is 0.511 e. The van der Waals surface area contributed by atoms with Crippen LogP contribution in [-0.2, 0) is 4.46 Å². The first kappa shape index (κ1) is 10.4. The predicted octanol–water partition coefficient (Wildman–Crippen LogP) is -1.15. The van der Waals surface area contributed by atoms with Crippen LogP contribution >= 0.6 is 22.2 Å². The quantitative estimate of drug-likeness (QED) is 0.364. The molecule has 0 unspecified atom stereocenters. The molecule has 0 aromatic heterocycles. The van der Waals surface area contributed by atoms with Crippen molar-refractivity contribution in [2.45, 2.75) is 0 Å². The van der Waals surface area contributed by atoms with Gasteiger partial charge in [0.05, 0.1) is 0 Å². The highest BCUT2D eigenvalue weighted by Crippen LogP contribution is 1.67. The van der Waals surface area contributed by atoms with Gasteiger partial charge in [-0.05, 0) is 0 Å². The second-order valence-corrected chi connectivity index (χ2v) is 3.58. The normalized spacial score (nSPS) is 6.00. The Hall–Kier alpha value is 0.414. The summed E-state index contributed by atoms with van der Waals surface area (Å²) in [5.41, 5.74) is 0. The van der Waals surface area contributed by atoms with Crippen LogP contribution in [0.3, 0.4) is 0 Å². The van der Waals surface area contributed by atoms with Crippen molar-refractivity contribution in [2.24, 2.45) is 0 Å². The van der Waals surface area contributed by atoms with Crippen LogP contribution in [0.5, 0.6) is 0 Å². The highest BCUT2D eigenvalue weighted by molar-refractivity contribution is 7.22. The Balaban J connectivity index is 0. The number of hydrogen-bond donors (Lipinski definition) is 2. The minimum Gasteiger partial charge on any atom is -0.511 e.